The highest BCUT2D eigenvalue weighted by molar-refractivity contribution is 7.80. The summed E-state index contributed by atoms with van der Waals surface area (Å²) in [7, 11) is 0. The molecule has 3 heteroatoms. The van der Waals surface area contributed by atoms with E-state index in [0.29, 0.717) is 13.0 Å². The lowest BCUT2D eigenvalue weighted by atomic mass is 10.4. The van der Waals surface area contributed by atoms with E-state index >= 15 is 0 Å². The van der Waals surface area contributed by atoms with Gasteiger partial charge in [0.1, 0.15) is 0 Å². The van der Waals surface area contributed by atoms with Crippen molar-refractivity contribution in [1.29, 1.82) is 0 Å². The third kappa shape index (κ3) is 6.15. The van der Waals surface area contributed by atoms with E-state index in [2.05, 4.69) is 12.6 Å². The van der Waals surface area contributed by atoms with Crippen LogP contribution in [0.4, 0.5) is 0 Å². The molecule has 0 aromatic carbocycles. The van der Waals surface area contributed by atoms with E-state index in [1.54, 1.807) is 0 Å². The minimum Gasteiger partial charge on any atom is -0.368 e. The summed E-state index contributed by atoms with van der Waals surface area (Å²) in [5.41, 5.74) is 0. The average Bonchev–Trinajstić information content (AvgIpc) is 1.89. The van der Waals surface area contributed by atoms with Crippen molar-refractivity contribution in [1.82, 2.24) is 0 Å². The van der Waals surface area contributed by atoms with Gasteiger partial charge in [-0.25, -0.2) is 0 Å². The van der Waals surface area contributed by atoms with Crippen molar-refractivity contribution in [2.45, 2.75) is 26.1 Å². The second-order valence-corrected chi connectivity index (χ2v) is 2.26. The smallest absolute Gasteiger partial charge is 0.154 e. The molecule has 0 fully saturated rings. The van der Waals surface area contributed by atoms with Crippen LogP contribution in [-0.4, -0.2) is 23.8 Å². The molecule has 0 heterocycles. The number of aliphatic hydroxyl groups is 1. The Hall–Kier alpha value is 0.270. The quantitative estimate of drug-likeness (QED) is 0.348. The van der Waals surface area contributed by atoms with E-state index in [4.69, 9.17) is 9.84 Å². The molecule has 1 atom stereocenters. The number of hydrogen-bond acceptors (Lipinski definition) is 3. The van der Waals surface area contributed by atoms with Gasteiger partial charge in [-0.3, -0.25) is 0 Å². The van der Waals surface area contributed by atoms with Gasteiger partial charge in [-0.05, 0) is 18.6 Å². The molecule has 9 heavy (non-hydrogen) atoms. The highest BCUT2D eigenvalue weighted by atomic mass is 32.1. The van der Waals surface area contributed by atoms with Crippen LogP contribution in [0.25, 0.3) is 0 Å². The van der Waals surface area contributed by atoms with Crippen molar-refractivity contribution in [2.24, 2.45) is 0 Å². The largest absolute Gasteiger partial charge is 0.368 e. The molecule has 1 unspecified atom stereocenters. The zero-order chi connectivity index (χ0) is 7.11. The van der Waals surface area contributed by atoms with Gasteiger partial charge < -0.3 is 9.84 Å². The molecular weight excluding hydrogens is 136 g/mol. The standard InChI is InChI=1S/C6H14O2S/c1-2-6(7)8-4-3-5-9/h6-7,9H,2-5H2,1H3. The molecule has 0 spiro atoms. The van der Waals surface area contributed by atoms with Crippen LogP contribution in [-0.2, 0) is 4.74 Å². The average molecular weight is 150 g/mol. The van der Waals surface area contributed by atoms with Crippen LogP contribution in [0.5, 0.6) is 0 Å². The zero-order valence-electron chi connectivity index (χ0n) is 5.71. The molecule has 0 saturated heterocycles. The molecule has 0 amide bonds. The molecule has 0 rings (SSSR count). The SMILES string of the molecule is CCC(O)OCCCS. The number of ether oxygens (including phenoxy) is 1. The minimum absolute atomic E-state index is 0.579. The Morgan fingerprint density at radius 3 is 2.78 bits per heavy atom. The third-order valence-electron chi connectivity index (χ3n) is 0.962. The summed E-state index contributed by atoms with van der Waals surface area (Å²) in [5.74, 6) is 0.816. The molecule has 0 aliphatic heterocycles. The second kappa shape index (κ2) is 6.39. The van der Waals surface area contributed by atoms with E-state index in [-0.39, 0.29) is 0 Å². The van der Waals surface area contributed by atoms with E-state index < -0.39 is 6.29 Å². The summed E-state index contributed by atoms with van der Waals surface area (Å²) in [6, 6.07) is 0. The van der Waals surface area contributed by atoms with Gasteiger partial charge in [-0.1, -0.05) is 6.92 Å². The summed E-state index contributed by atoms with van der Waals surface area (Å²) < 4.78 is 4.94. The predicted octanol–water partition coefficient (Wildman–Crippen LogP) is 1.05. The van der Waals surface area contributed by atoms with Gasteiger partial charge in [0.25, 0.3) is 0 Å². The van der Waals surface area contributed by atoms with Crippen molar-refractivity contribution in [2.75, 3.05) is 12.4 Å². The lowest BCUT2D eigenvalue weighted by Crippen LogP contribution is -2.11. The Kier molecular flexibility index (Phi) is 6.58. The Bertz CT molecular complexity index is 59.0. The lowest BCUT2D eigenvalue weighted by Gasteiger charge is -2.07. The normalized spacial score (nSPS) is 13.7. The topological polar surface area (TPSA) is 29.5 Å². The highest BCUT2D eigenvalue weighted by Gasteiger charge is 1.96. The maximum absolute atomic E-state index is 8.84. The van der Waals surface area contributed by atoms with Gasteiger partial charge in [-0.2, -0.15) is 12.6 Å². The van der Waals surface area contributed by atoms with Crippen molar-refractivity contribution >= 4 is 12.6 Å². The highest BCUT2D eigenvalue weighted by Crippen LogP contribution is 1.94. The molecule has 0 aromatic rings. The molecule has 1 N–H and O–H groups in total. The molecule has 0 bridgehead atoms. The van der Waals surface area contributed by atoms with Crippen LogP contribution in [0, 0.1) is 0 Å². The molecule has 0 saturated carbocycles. The van der Waals surface area contributed by atoms with Gasteiger partial charge in [0.05, 0.1) is 6.61 Å². The predicted molar refractivity (Wildman–Crippen MR) is 40.7 cm³/mol. The van der Waals surface area contributed by atoms with Crippen molar-refractivity contribution < 1.29 is 9.84 Å². The lowest BCUT2D eigenvalue weighted by molar-refractivity contribution is -0.0994. The summed E-state index contributed by atoms with van der Waals surface area (Å²) in [6.07, 6.45) is 0.983. The number of thiol groups is 1. The molecule has 0 aliphatic rings. The molecule has 0 aliphatic carbocycles. The fourth-order valence-electron chi connectivity index (χ4n) is 0.402. The Labute approximate surface area is 61.6 Å². The number of hydrogen-bond donors (Lipinski definition) is 2. The maximum atomic E-state index is 8.84. The van der Waals surface area contributed by atoms with Gasteiger partial charge in [0, 0.05) is 0 Å². The summed E-state index contributed by atoms with van der Waals surface area (Å²) in [5, 5.41) is 8.84. The zero-order valence-corrected chi connectivity index (χ0v) is 6.60. The Morgan fingerprint density at radius 2 is 2.33 bits per heavy atom. The monoisotopic (exact) mass is 150 g/mol. The number of rotatable bonds is 5. The van der Waals surface area contributed by atoms with Crippen LogP contribution in [0.2, 0.25) is 0 Å². The third-order valence-corrected chi connectivity index (χ3v) is 1.28. The summed E-state index contributed by atoms with van der Waals surface area (Å²) >= 11 is 3.99. The first-order valence-corrected chi connectivity index (χ1v) is 3.85. The molecule has 0 radical (unpaired) electrons. The van der Waals surface area contributed by atoms with Crippen molar-refractivity contribution in [3.8, 4) is 0 Å². The van der Waals surface area contributed by atoms with Crippen LogP contribution in [0.15, 0.2) is 0 Å². The Balaban J connectivity index is 2.88. The first-order chi connectivity index (χ1) is 4.31. The van der Waals surface area contributed by atoms with Gasteiger partial charge in [0.15, 0.2) is 6.29 Å². The first kappa shape index (κ1) is 9.27. The van der Waals surface area contributed by atoms with Crippen LogP contribution >= 0.6 is 12.6 Å². The summed E-state index contributed by atoms with van der Waals surface area (Å²) in [4.78, 5) is 0. The van der Waals surface area contributed by atoms with E-state index in [9.17, 15) is 0 Å². The fourth-order valence-corrected chi connectivity index (χ4v) is 0.531. The summed E-state index contributed by atoms with van der Waals surface area (Å²) in [6.45, 7) is 2.49. The Morgan fingerprint density at radius 1 is 1.67 bits per heavy atom. The minimum atomic E-state index is -0.579. The van der Waals surface area contributed by atoms with Crippen LogP contribution < -0.4 is 0 Å². The fraction of sp³-hybridized carbons (Fsp3) is 1.00. The van der Waals surface area contributed by atoms with Gasteiger partial charge in [0.2, 0.25) is 0 Å². The molecule has 56 valence electrons. The molecule has 0 aromatic heterocycles. The number of aliphatic hydroxyl groups excluding tert-OH is 1. The van der Waals surface area contributed by atoms with E-state index in [0.717, 1.165) is 12.2 Å². The van der Waals surface area contributed by atoms with Crippen LogP contribution in [0.1, 0.15) is 19.8 Å². The van der Waals surface area contributed by atoms with E-state index in [1.807, 2.05) is 6.92 Å². The van der Waals surface area contributed by atoms with Crippen molar-refractivity contribution in [3.05, 3.63) is 0 Å². The maximum Gasteiger partial charge on any atom is 0.154 e. The van der Waals surface area contributed by atoms with Gasteiger partial charge in [-0.15, -0.1) is 0 Å². The molecule has 2 nitrogen and oxygen atoms in total. The van der Waals surface area contributed by atoms with Gasteiger partial charge >= 0.3 is 0 Å². The van der Waals surface area contributed by atoms with Crippen molar-refractivity contribution in [3.63, 3.8) is 0 Å². The van der Waals surface area contributed by atoms with Crippen LogP contribution in [0.3, 0.4) is 0 Å². The first-order valence-electron chi connectivity index (χ1n) is 3.21. The van der Waals surface area contributed by atoms with E-state index in [1.165, 1.54) is 0 Å². The molecular formula is C6H14O2S. The second-order valence-electron chi connectivity index (χ2n) is 1.81.